The van der Waals surface area contributed by atoms with Crippen LogP contribution in [0.4, 0.5) is 5.69 Å². The first kappa shape index (κ1) is 10.8. The number of para-hydroxylation sites is 1. The summed E-state index contributed by atoms with van der Waals surface area (Å²) >= 11 is 0. The van der Waals surface area contributed by atoms with Gasteiger partial charge in [-0.3, -0.25) is 14.9 Å². The Kier molecular flexibility index (Phi) is 2.57. The van der Waals surface area contributed by atoms with E-state index in [1.54, 1.807) is 18.2 Å². The molecule has 0 aromatic heterocycles. The van der Waals surface area contributed by atoms with Crippen molar-refractivity contribution in [3.8, 4) is 0 Å². The lowest BCUT2D eigenvalue weighted by Gasteiger charge is -2.12. The van der Waals surface area contributed by atoms with Gasteiger partial charge < -0.3 is 0 Å². The Bertz CT molecular complexity index is 524. The van der Waals surface area contributed by atoms with E-state index in [0.717, 1.165) is 6.08 Å². The summed E-state index contributed by atoms with van der Waals surface area (Å²) in [6, 6.07) is 7.83. The summed E-state index contributed by atoms with van der Waals surface area (Å²) in [5.74, 6) is -1.44. The minimum Gasteiger partial charge on any atom is -0.287 e. The summed E-state index contributed by atoms with van der Waals surface area (Å²) in [6.45, 7) is 0. The van der Waals surface area contributed by atoms with E-state index >= 15 is 0 Å². The maximum atomic E-state index is 11.4. The van der Waals surface area contributed by atoms with E-state index in [-0.39, 0.29) is 11.4 Å². The van der Waals surface area contributed by atoms with Crippen molar-refractivity contribution in [1.82, 2.24) is 5.32 Å². The van der Waals surface area contributed by atoms with Gasteiger partial charge >= 0.3 is 0 Å². The third kappa shape index (κ3) is 1.98. The fraction of sp³-hybridized carbons (Fsp3) is 0. The summed E-state index contributed by atoms with van der Waals surface area (Å²) in [5, 5.41) is 12.7. The van der Waals surface area contributed by atoms with Crippen LogP contribution in [-0.2, 0) is 9.59 Å². The van der Waals surface area contributed by atoms with Crippen molar-refractivity contribution in [2.45, 2.75) is 0 Å². The lowest BCUT2D eigenvalue weighted by molar-refractivity contribution is -0.487. The fourth-order valence-corrected chi connectivity index (χ4v) is 1.45. The molecule has 1 heterocycles. The molecule has 0 saturated heterocycles. The van der Waals surface area contributed by atoms with Crippen molar-refractivity contribution in [3.63, 3.8) is 0 Å². The molecule has 0 radical (unpaired) electrons. The summed E-state index contributed by atoms with van der Waals surface area (Å²) in [4.78, 5) is 33.3. The molecule has 1 N–H and O–H groups in total. The first-order valence-electron chi connectivity index (χ1n) is 4.66. The number of nitrogens with zero attached hydrogens (tertiary/aromatic N) is 2. The molecule has 2 amide bonds. The maximum Gasteiger partial charge on any atom is 0.281 e. The smallest absolute Gasteiger partial charge is 0.281 e. The molecule has 1 aliphatic rings. The normalized spacial score (nSPS) is 14.2. The van der Waals surface area contributed by atoms with Crippen molar-refractivity contribution in [2.24, 2.45) is 0 Å². The van der Waals surface area contributed by atoms with Gasteiger partial charge in [0.25, 0.3) is 11.8 Å². The number of imide groups is 1. The first-order valence-corrected chi connectivity index (χ1v) is 4.66. The highest BCUT2D eigenvalue weighted by Crippen LogP contribution is 2.20. The number of hydrogen-bond donors (Lipinski definition) is 1. The van der Waals surface area contributed by atoms with Crippen LogP contribution in [0.15, 0.2) is 42.1 Å². The topological polar surface area (TPSA) is 92.6 Å². The second-order valence-electron chi connectivity index (χ2n) is 3.23. The van der Waals surface area contributed by atoms with Crippen LogP contribution in [0.25, 0.3) is 0 Å². The largest absolute Gasteiger partial charge is 0.287 e. The summed E-state index contributed by atoms with van der Waals surface area (Å²) in [7, 11) is 0. The Balaban J connectivity index is 2.44. The van der Waals surface area contributed by atoms with Crippen LogP contribution in [0.5, 0.6) is 0 Å². The van der Waals surface area contributed by atoms with Gasteiger partial charge in [0.05, 0.1) is 0 Å². The highest BCUT2D eigenvalue weighted by atomic mass is 16.7. The molecule has 0 spiro atoms. The number of benzene rings is 1. The van der Waals surface area contributed by atoms with E-state index in [1.807, 2.05) is 5.32 Å². The summed E-state index contributed by atoms with van der Waals surface area (Å²) in [6.07, 6.45) is 0.901. The van der Waals surface area contributed by atoms with Gasteiger partial charge in [-0.05, 0) is 12.1 Å². The molecular weight excluding hydrogens is 226 g/mol. The quantitative estimate of drug-likeness (QED) is 0.458. The van der Waals surface area contributed by atoms with Gasteiger partial charge in [0.2, 0.25) is 0 Å². The standard InChI is InChI=1S/C10H7N3O4/c14-9-6-8(10(15)11-9)12(13(16)17)7-4-2-1-3-5-7/h1-6H,(H,11,14,15). The number of nitrogens with one attached hydrogen (secondary N) is 1. The van der Waals surface area contributed by atoms with Crippen LogP contribution in [0.2, 0.25) is 0 Å². The zero-order chi connectivity index (χ0) is 12.4. The Morgan fingerprint density at radius 3 is 2.29 bits per heavy atom. The van der Waals surface area contributed by atoms with E-state index in [9.17, 15) is 19.7 Å². The molecule has 1 aliphatic heterocycles. The Morgan fingerprint density at radius 1 is 1.18 bits per heavy atom. The molecule has 7 heteroatoms. The van der Waals surface area contributed by atoms with E-state index < -0.39 is 16.8 Å². The van der Waals surface area contributed by atoms with Crippen LogP contribution < -0.4 is 10.3 Å². The molecule has 0 atom stereocenters. The van der Waals surface area contributed by atoms with Crippen LogP contribution in [0.1, 0.15) is 0 Å². The molecule has 0 saturated carbocycles. The molecule has 0 bridgehead atoms. The van der Waals surface area contributed by atoms with Crippen LogP contribution >= 0.6 is 0 Å². The van der Waals surface area contributed by atoms with Gasteiger partial charge in [0.1, 0.15) is 5.69 Å². The predicted molar refractivity (Wildman–Crippen MR) is 57.1 cm³/mol. The maximum absolute atomic E-state index is 11.4. The molecule has 7 nitrogen and oxygen atoms in total. The van der Waals surface area contributed by atoms with Crippen molar-refractivity contribution in [2.75, 3.05) is 5.01 Å². The molecule has 17 heavy (non-hydrogen) atoms. The van der Waals surface area contributed by atoms with Crippen LogP contribution in [-0.4, -0.2) is 16.8 Å². The fourth-order valence-electron chi connectivity index (χ4n) is 1.45. The van der Waals surface area contributed by atoms with E-state index in [1.165, 1.54) is 12.1 Å². The number of carbonyl (C=O) groups is 2. The molecule has 1 aromatic carbocycles. The Labute approximate surface area is 95.5 Å². The number of amides is 2. The lowest BCUT2D eigenvalue weighted by atomic mass is 10.3. The Hall–Kier alpha value is -2.70. The first-order chi connectivity index (χ1) is 8.09. The number of carbonyl (C=O) groups excluding carboxylic acids is 2. The van der Waals surface area contributed by atoms with Crippen LogP contribution in [0.3, 0.4) is 0 Å². The van der Waals surface area contributed by atoms with Crippen molar-refractivity contribution < 1.29 is 14.6 Å². The van der Waals surface area contributed by atoms with E-state index in [2.05, 4.69) is 0 Å². The van der Waals surface area contributed by atoms with Gasteiger partial charge in [-0.1, -0.05) is 23.2 Å². The minimum absolute atomic E-state index is 0.202. The van der Waals surface area contributed by atoms with Gasteiger partial charge in [-0.2, -0.15) is 0 Å². The second kappa shape index (κ2) is 4.05. The number of nitro groups is 1. The minimum atomic E-state index is -0.782. The summed E-state index contributed by atoms with van der Waals surface area (Å²) < 4.78 is 0. The molecule has 0 aliphatic carbocycles. The third-order valence-corrected chi connectivity index (χ3v) is 2.13. The lowest BCUT2D eigenvalue weighted by Crippen LogP contribution is -2.34. The van der Waals surface area contributed by atoms with Gasteiger partial charge in [-0.25, -0.2) is 10.1 Å². The zero-order valence-electron chi connectivity index (χ0n) is 8.49. The average molecular weight is 233 g/mol. The van der Waals surface area contributed by atoms with E-state index in [0.29, 0.717) is 5.01 Å². The van der Waals surface area contributed by atoms with Gasteiger partial charge in [-0.15, -0.1) is 0 Å². The van der Waals surface area contributed by atoms with E-state index in [4.69, 9.17) is 0 Å². The van der Waals surface area contributed by atoms with Gasteiger partial charge in [0, 0.05) is 6.08 Å². The monoisotopic (exact) mass is 233 g/mol. The second-order valence-corrected chi connectivity index (χ2v) is 3.23. The number of rotatable bonds is 3. The van der Waals surface area contributed by atoms with Crippen molar-refractivity contribution in [3.05, 3.63) is 52.2 Å². The molecule has 0 fully saturated rings. The highest BCUT2D eigenvalue weighted by molar-refractivity contribution is 6.17. The predicted octanol–water partition coefficient (Wildman–Crippen LogP) is 0.225. The van der Waals surface area contributed by atoms with Crippen molar-refractivity contribution in [1.29, 1.82) is 0 Å². The zero-order valence-corrected chi connectivity index (χ0v) is 8.49. The molecule has 2 rings (SSSR count). The molecule has 86 valence electrons. The molecule has 0 unspecified atom stereocenters. The third-order valence-electron chi connectivity index (χ3n) is 2.13. The average Bonchev–Trinajstić information content (AvgIpc) is 2.59. The van der Waals surface area contributed by atoms with Crippen LogP contribution in [0, 0.1) is 10.1 Å². The van der Waals surface area contributed by atoms with Gasteiger partial charge in [0.15, 0.2) is 10.7 Å². The number of hydrazine groups is 1. The SMILES string of the molecule is O=C1C=C(N(c2ccccc2)[N+](=O)[O-])C(=O)N1. The highest BCUT2D eigenvalue weighted by Gasteiger charge is 2.33. The summed E-state index contributed by atoms with van der Waals surface area (Å²) in [5.41, 5.74) is -0.0974. The molecule has 1 aromatic rings. The van der Waals surface area contributed by atoms with Crippen molar-refractivity contribution >= 4 is 17.5 Å². The molecular formula is C10H7N3O4. The Morgan fingerprint density at radius 2 is 1.82 bits per heavy atom. The number of hydrogen-bond acceptors (Lipinski definition) is 4. The number of anilines is 1.